The van der Waals surface area contributed by atoms with Gasteiger partial charge in [-0.05, 0) is 24.3 Å². The lowest BCUT2D eigenvalue weighted by Crippen LogP contribution is -1.98. The van der Waals surface area contributed by atoms with E-state index in [0.29, 0.717) is 22.3 Å². The van der Waals surface area contributed by atoms with Gasteiger partial charge in [-0.2, -0.15) is 0 Å². The highest BCUT2D eigenvalue weighted by Gasteiger charge is 2.20. The van der Waals surface area contributed by atoms with E-state index in [1.54, 1.807) is 42.5 Å². The number of para-hydroxylation sites is 3. The van der Waals surface area contributed by atoms with Gasteiger partial charge in [0.1, 0.15) is 6.20 Å². The molecule has 0 saturated carbocycles. The number of hydrogen-bond acceptors (Lipinski definition) is 5. The van der Waals surface area contributed by atoms with Crippen molar-refractivity contribution in [2.24, 2.45) is 0 Å². The van der Waals surface area contributed by atoms with Crippen molar-refractivity contribution in [2.75, 3.05) is 5.73 Å². The summed E-state index contributed by atoms with van der Waals surface area (Å²) in [6.07, 6.45) is 1.19. The summed E-state index contributed by atoms with van der Waals surface area (Å²) in [5.41, 5.74) is 6.66. The zero-order valence-corrected chi connectivity index (χ0v) is 10.9. The van der Waals surface area contributed by atoms with Crippen LogP contribution in [0.25, 0.3) is 10.9 Å². The lowest BCUT2D eigenvalue weighted by Gasteiger charge is -2.10. The molecule has 2 N–H and O–H groups in total. The first kappa shape index (κ1) is 12.9. The Balaban J connectivity index is 2.21. The van der Waals surface area contributed by atoms with Gasteiger partial charge in [0, 0.05) is 0 Å². The topological polar surface area (TPSA) is 91.3 Å². The third kappa shape index (κ3) is 2.34. The van der Waals surface area contributed by atoms with Gasteiger partial charge in [-0.25, -0.2) is 4.98 Å². The number of nitrogens with two attached hydrogens (primary N) is 1. The monoisotopic (exact) mass is 281 g/mol. The van der Waals surface area contributed by atoms with Crippen molar-refractivity contribution >= 4 is 22.3 Å². The van der Waals surface area contributed by atoms with Crippen LogP contribution in [0.15, 0.2) is 54.7 Å². The SMILES string of the molecule is Nc1ccccc1Oc1c([N+](=O)[O-])cnc2ccccc12. The fourth-order valence-corrected chi connectivity index (χ4v) is 2.03. The summed E-state index contributed by atoms with van der Waals surface area (Å²) >= 11 is 0. The third-order valence-corrected chi connectivity index (χ3v) is 3.03. The smallest absolute Gasteiger partial charge is 0.330 e. The van der Waals surface area contributed by atoms with Crippen LogP contribution in [0.1, 0.15) is 0 Å². The number of ether oxygens (including phenoxy) is 1. The van der Waals surface area contributed by atoms with Crippen molar-refractivity contribution in [2.45, 2.75) is 0 Å². The largest absolute Gasteiger partial charge is 0.447 e. The number of pyridine rings is 1. The molecule has 3 rings (SSSR count). The van der Waals surface area contributed by atoms with Crippen molar-refractivity contribution in [1.82, 2.24) is 4.98 Å². The predicted octanol–water partition coefficient (Wildman–Crippen LogP) is 3.52. The van der Waals surface area contributed by atoms with Crippen molar-refractivity contribution < 1.29 is 9.66 Å². The Morgan fingerprint density at radius 2 is 1.81 bits per heavy atom. The van der Waals surface area contributed by atoms with E-state index >= 15 is 0 Å². The summed E-state index contributed by atoms with van der Waals surface area (Å²) < 4.78 is 5.71. The maximum atomic E-state index is 11.2. The van der Waals surface area contributed by atoms with Gasteiger partial charge in [-0.1, -0.05) is 24.3 Å². The minimum atomic E-state index is -0.520. The number of anilines is 1. The zero-order valence-electron chi connectivity index (χ0n) is 10.9. The molecule has 6 nitrogen and oxygen atoms in total. The van der Waals surface area contributed by atoms with Crippen LogP contribution in [0.5, 0.6) is 11.5 Å². The Kier molecular flexibility index (Phi) is 3.12. The molecule has 0 spiro atoms. The lowest BCUT2D eigenvalue weighted by atomic mass is 10.2. The summed E-state index contributed by atoms with van der Waals surface area (Å²) in [5.74, 6) is 0.514. The molecule has 0 radical (unpaired) electrons. The Bertz CT molecular complexity index is 833. The van der Waals surface area contributed by atoms with E-state index in [9.17, 15) is 10.1 Å². The van der Waals surface area contributed by atoms with Gasteiger partial charge in [0.05, 0.1) is 21.5 Å². The van der Waals surface area contributed by atoms with E-state index in [1.807, 2.05) is 6.07 Å². The minimum absolute atomic E-state index is 0.142. The summed E-state index contributed by atoms with van der Waals surface area (Å²) in [7, 11) is 0. The molecule has 0 unspecified atom stereocenters. The molecule has 0 aliphatic heterocycles. The molecule has 3 aromatic rings. The number of nitro groups is 1. The van der Waals surface area contributed by atoms with Crippen molar-refractivity contribution in [3.8, 4) is 11.5 Å². The molecule has 0 aliphatic rings. The summed E-state index contributed by atoms with van der Waals surface area (Å²) in [4.78, 5) is 14.7. The van der Waals surface area contributed by atoms with Crippen LogP contribution in [0.4, 0.5) is 11.4 Å². The van der Waals surface area contributed by atoms with E-state index < -0.39 is 4.92 Å². The Morgan fingerprint density at radius 3 is 2.57 bits per heavy atom. The number of aromatic nitrogens is 1. The fraction of sp³-hybridized carbons (Fsp3) is 0. The van der Waals surface area contributed by atoms with Gasteiger partial charge in [0.2, 0.25) is 5.75 Å². The predicted molar refractivity (Wildman–Crippen MR) is 79.3 cm³/mol. The Morgan fingerprint density at radius 1 is 1.10 bits per heavy atom. The first-order chi connectivity index (χ1) is 10.2. The second-order valence-electron chi connectivity index (χ2n) is 4.39. The second-order valence-corrected chi connectivity index (χ2v) is 4.39. The molecule has 0 atom stereocenters. The fourth-order valence-electron chi connectivity index (χ4n) is 2.03. The van der Waals surface area contributed by atoms with Crippen LogP contribution in [-0.4, -0.2) is 9.91 Å². The Hall–Kier alpha value is -3.15. The van der Waals surface area contributed by atoms with Crippen molar-refractivity contribution in [3.05, 3.63) is 64.8 Å². The van der Waals surface area contributed by atoms with Crippen LogP contribution >= 0.6 is 0 Å². The van der Waals surface area contributed by atoms with E-state index in [1.165, 1.54) is 6.20 Å². The van der Waals surface area contributed by atoms with Crippen LogP contribution < -0.4 is 10.5 Å². The average molecular weight is 281 g/mol. The highest BCUT2D eigenvalue weighted by molar-refractivity contribution is 5.89. The molecule has 104 valence electrons. The van der Waals surface area contributed by atoms with Gasteiger partial charge < -0.3 is 10.5 Å². The van der Waals surface area contributed by atoms with Crippen LogP contribution in [0, 0.1) is 10.1 Å². The van der Waals surface area contributed by atoms with Gasteiger partial charge in [-0.3, -0.25) is 10.1 Å². The first-order valence-electron chi connectivity index (χ1n) is 6.21. The number of hydrogen-bond donors (Lipinski definition) is 1. The molecule has 0 fully saturated rings. The summed E-state index contributed by atoms with van der Waals surface area (Å²) in [6, 6.07) is 13.9. The maximum Gasteiger partial charge on any atom is 0.330 e. The van der Waals surface area contributed by atoms with Crippen LogP contribution in [0.2, 0.25) is 0 Å². The molecule has 6 heteroatoms. The van der Waals surface area contributed by atoms with E-state index in [0.717, 1.165) is 0 Å². The number of rotatable bonds is 3. The van der Waals surface area contributed by atoms with E-state index in [2.05, 4.69) is 4.98 Å². The zero-order chi connectivity index (χ0) is 14.8. The normalized spacial score (nSPS) is 10.5. The minimum Gasteiger partial charge on any atom is -0.447 e. The molecular formula is C15H11N3O3. The molecule has 1 aromatic heterocycles. The molecule has 2 aromatic carbocycles. The lowest BCUT2D eigenvalue weighted by molar-refractivity contribution is -0.385. The number of fused-ring (bicyclic) bond motifs is 1. The average Bonchev–Trinajstić information content (AvgIpc) is 2.49. The van der Waals surface area contributed by atoms with Crippen LogP contribution in [0.3, 0.4) is 0 Å². The van der Waals surface area contributed by atoms with Gasteiger partial charge in [-0.15, -0.1) is 0 Å². The number of nitrogens with zero attached hydrogens (tertiary/aromatic N) is 2. The van der Waals surface area contributed by atoms with Gasteiger partial charge >= 0.3 is 5.69 Å². The summed E-state index contributed by atoms with van der Waals surface area (Å²) in [6.45, 7) is 0. The summed E-state index contributed by atoms with van der Waals surface area (Å²) in [5, 5.41) is 11.8. The van der Waals surface area contributed by atoms with Gasteiger partial charge in [0.15, 0.2) is 5.75 Å². The quantitative estimate of drug-likeness (QED) is 0.450. The second kappa shape index (κ2) is 5.09. The molecule has 0 bridgehead atoms. The molecular weight excluding hydrogens is 270 g/mol. The highest BCUT2D eigenvalue weighted by Crippen LogP contribution is 2.38. The van der Waals surface area contributed by atoms with Gasteiger partial charge in [0.25, 0.3) is 0 Å². The highest BCUT2D eigenvalue weighted by atomic mass is 16.6. The molecule has 0 aliphatic carbocycles. The molecule has 21 heavy (non-hydrogen) atoms. The van der Waals surface area contributed by atoms with Crippen LogP contribution in [-0.2, 0) is 0 Å². The Labute approximate surface area is 119 Å². The van der Waals surface area contributed by atoms with Crippen molar-refractivity contribution in [1.29, 1.82) is 0 Å². The first-order valence-corrected chi connectivity index (χ1v) is 6.21. The maximum absolute atomic E-state index is 11.2. The number of benzene rings is 2. The van der Waals surface area contributed by atoms with E-state index in [-0.39, 0.29) is 11.4 Å². The molecule has 0 amide bonds. The molecule has 0 saturated heterocycles. The third-order valence-electron chi connectivity index (χ3n) is 3.03. The van der Waals surface area contributed by atoms with E-state index in [4.69, 9.17) is 10.5 Å². The standard InChI is InChI=1S/C15H11N3O3/c16-11-6-2-4-8-14(11)21-15-10-5-1-3-7-12(10)17-9-13(15)18(19)20/h1-9H,16H2. The number of nitrogen functional groups attached to an aromatic ring is 1. The van der Waals surface area contributed by atoms with Crippen molar-refractivity contribution in [3.63, 3.8) is 0 Å². The molecule has 1 heterocycles.